The van der Waals surface area contributed by atoms with E-state index in [1.807, 2.05) is 0 Å². The van der Waals surface area contributed by atoms with Crippen LogP contribution in [0, 0.1) is 5.92 Å². The molecule has 2 N–H and O–H groups in total. The maximum absolute atomic E-state index is 11.6. The molecule has 1 unspecified atom stereocenters. The van der Waals surface area contributed by atoms with Crippen LogP contribution < -0.4 is 10.1 Å². The van der Waals surface area contributed by atoms with Crippen molar-refractivity contribution in [3.8, 4) is 5.75 Å². The van der Waals surface area contributed by atoms with E-state index < -0.39 is 11.9 Å². The van der Waals surface area contributed by atoms with Gasteiger partial charge in [0, 0.05) is 6.42 Å². The SMILES string of the molecule is COc1ccccc1NC(=O)CC(C)C(=O)O. The molecule has 5 nitrogen and oxygen atoms in total. The first kappa shape index (κ1) is 13.0. The Morgan fingerprint density at radius 3 is 2.65 bits per heavy atom. The van der Waals surface area contributed by atoms with Crippen molar-refractivity contribution in [2.75, 3.05) is 12.4 Å². The molecule has 0 aromatic heterocycles. The van der Waals surface area contributed by atoms with Crippen LogP contribution in [-0.4, -0.2) is 24.1 Å². The quantitative estimate of drug-likeness (QED) is 0.818. The lowest BCUT2D eigenvalue weighted by atomic mass is 10.1. The molecule has 1 rings (SSSR count). The molecule has 17 heavy (non-hydrogen) atoms. The van der Waals surface area contributed by atoms with Crippen molar-refractivity contribution in [3.05, 3.63) is 24.3 Å². The highest BCUT2D eigenvalue weighted by atomic mass is 16.5. The largest absolute Gasteiger partial charge is 0.495 e. The Labute approximate surface area is 99.4 Å². The van der Waals surface area contributed by atoms with Gasteiger partial charge in [-0.25, -0.2) is 0 Å². The van der Waals surface area contributed by atoms with Crippen molar-refractivity contribution < 1.29 is 19.4 Å². The van der Waals surface area contributed by atoms with Crippen LogP contribution in [0.1, 0.15) is 13.3 Å². The molecule has 0 saturated heterocycles. The Bertz CT molecular complexity index is 417. The summed E-state index contributed by atoms with van der Waals surface area (Å²) in [6, 6.07) is 6.96. The van der Waals surface area contributed by atoms with E-state index in [0.29, 0.717) is 11.4 Å². The lowest BCUT2D eigenvalue weighted by molar-refractivity contribution is -0.142. The smallest absolute Gasteiger partial charge is 0.306 e. The number of carbonyl (C=O) groups is 2. The van der Waals surface area contributed by atoms with E-state index >= 15 is 0 Å². The predicted molar refractivity (Wildman–Crippen MR) is 63.0 cm³/mol. The van der Waals surface area contributed by atoms with Gasteiger partial charge in [-0.1, -0.05) is 19.1 Å². The standard InChI is InChI=1S/C12H15NO4/c1-8(12(15)16)7-11(14)13-9-5-3-4-6-10(9)17-2/h3-6,8H,7H2,1-2H3,(H,13,14)(H,15,16). The van der Waals surface area contributed by atoms with Gasteiger partial charge in [0.2, 0.25) is 5.91 Å². The number of carbonyl (C=O) groups excluding carboxylic acids is 1. The van der Waals surface area contributed by atoms with Crippen molar-refractivity contribution >= 4 is 17.6 Å². The van der Waals surface area contributed by atoms with E-state index in [-0.39, 0.29) is 12.3 Å². The maximum atomic E-state index is 11.6. The van der Waals surface area contributed by atoms with Crippen LogP contribution in [0.4, 0.5) is 5.69 Å². The first-order valence-electron chi connectivity index (χ1n) is 5.20. The van der Waals surface area contributed by atoms with Gasteiger partial charge < -0.3 is 15.2 Å². The summed E-state index contributed by atoms with van der Waals surface area (Å²) >= 11 is 0. The number of carboxylic acid groups (broad SMARTS) is 1. The summed E-state index contributed by atoms with van der Waals surface area (Å²) in [4.78, 5) is 22.2. The molecule has 5 heteroatoms. The number of anilines is 1. The molecule has 0 fully saturated rings. The van der Waals surface area contributed by atoms with Crippen molar-refractivity contribution in [3.63, 3.8) is 0 Å². The number of amides is 1. The lowest BCUT2D eigenvalue weighted by Crippen LogP contribution is -2.20. The second-order valence-corrected chi connectivity index (χ2v) is 3.69. The number of nitrogens with one attached hydrogen (secondary N) is 1. The van der Waals surface area contributed by atoms with Gasteiger partial charge in [0.15, 0.2) is 0 Å². The zero-order valence-electron chi connectivity index (χ0n) is 9.77. The van der Waals surface area contributed by atoms with Crippen molar-refractivity contribution in [2.24, 2.45) is 5.92 Å². The minimum absolute atomic E-state index is 0.0621. The molecule has 1 aromatic carbocycles. The summed E-state index contributed by atoms with van der Waals surface area (Å²) < 4.78 is 5.07. The highest BCUT2D eigenvalue weighted by molar-refractivity contribution is 5.94. The van der Waals surface area contributed by atoms with Crippen LogP contribution in [0.3, 0.4) is 0 Å². The minimum atomic E-state index is -0.986. The summed E-state index contributed by atoms with van der Waals surface area (Å²) in [6.45, 7) is 1.49. The average molecular weight is 237 g/mol. The van der Waals surface area contributed by atoms with E-state index in [1.165, 1.54) is 14.0 Å². The summed E-state index contributed by atoms with van der Waals surface area (Å²) in [5.74, 6) is -1.49. The monoisotopic (exact) mass is 237 g/mol. The molecular formula is C12H15NO4. The van der Waals surface area contributed by atoms with Gasteiger partial charge in [-0.05, 0) is 12.1 Å². The van der Waals surface area contributed by atoms with Gasteiger partial charge in [-0.3, -0.25) is 9.59 Å². The van der Waals surface area contributed by atoms with Gasteiger partial charge in [0.25, 0.3) is 0 Å². The summed E-state index contributed by atoms with van der Waals surface area (Å²) in [7, 11) is 1.50. The molecule has 0 aliphatic carbocycles. The van der Waals surface area contributed by atoms with Crippen molar-refractivity contribution in [1.29, 1.82) is 0 Å². The molecule has 0 aliphatic heterocycles. The molecule has 1 aromatic rings. The molecule has 0 saturated carbocycles. The van der Waals surface area contributed by atoms with E-state index in [0.717, 1.165) is 0 Å². The summed E-state index contributed by atoms with van der Waals surface area (Å²) in [5, 5.41) is 11.3. The fourth-order valence-corrected chi connectivity index (χ4v) is 1.31. The molecule has 0 aliphatic rings. The number of ether oxygens (including phenoxy) is 1. The van der Waals surface area contributed by atoms with Gasteiger partial charge in [-0.15, -0.1) is 0 Å². The summed E-state index contributed by atoms with van der Waals surface area (Å²) in [5.41, 5.74) is 0.539. The highest BCUT2D eigenvalue weighted by Crippen LogP contribution is 2.23. The third-order valence-electron chi connectivity index (χ3n) is 2.29. The second-order valence-electron chi connectivity index (χ2n) is 3.69. The number of aliphatic carboxylic acids is 1. The molecule has 92 valence electrons. The minimum Gasteiger partial charge on any atom is -0.495 e. The fraction of sp³-hybridized carbons (Fsp3) is 0.333. The summed E-state index contributed by atoms with van der Waals surface area (Å²) in [6.07, 6.45) is -0.0621. The van der Waals surface area contributed by atoms with Crippen LogP contribution in [0.15, 0.2) is 24.3 Å². The van der Waals surface area contributed by atoms with E-state index in [9.17, 15) is 9.59 Å². The van der Waals surface area contributed by atoms with Crippen LogP contribution in [0.25, 0.3) is 0 Å². The molecule has 0 bridgehead atoms. The number of carboxylic acids is 1. The molecular weight excluding hydrogens is 222 g/mol. The number of hydrogen-bond donors (Lipinski definition) is 2. The number of benzene rings is 1. The number of rotatable bonds is 5. The lowest BCUT2D eigenvalue weighted by Gasteiger charge is -2.10. The first-order chi connectivity index (χ1) is 8.04. The highest BCUT2D eigenvalue weighted by Gasteiger charge is 2.16. The predicted octanol–water partition coefficient (Wildman–Crippen LogP) is 1.74. The normalized spacial score (nSPS) is 11.6. The van der Waals surface area contributed by atoms with Gasteiger partial charge in [-0.2, -0.15) is 0 Å². The van der Waals surface area contributed by atoms with Crippen LogP contribution >= 0.6 is 0 Å². The zero-order valence-corrected chi connectivity index (χ0v) is 9.77. The van der Waals surface area contributed by atoms with Crippen LogP contribution in [-0.2, 0) is 9.59 Å². The van der Waals surface area contributed by atoms with Gasteiger partial charge in [0.1, 0.15) is 5.75 Å². The first-order valence-corrected chi connectivity index (χ1v) is 5.20. The van der Waals surface area contributed by atoms with E-state index in [1.54, 1.807) is 24.3 Å². The maximum Gasteiger partial charge on any atom is 0.306 e. The molecule has 1 atom stereocenters. The number of methoxy groups -OCH3 is 1. The number of para-hydroxylation sites is 2. The van der Waals surface area contributed by atoms with E-state index in [4.69, 9.17) is 9.84 Å². The molecule has 1 amide bonds. The Morgan fingerprint density at radius 1 is 1.41 bits per heavy atom. The topological polar surface area (TPSA) is 75.6 Å². The molecule has 0 radical (unpaired) electrons. The Morgan fingerprint density at radius 2 is 2.06 bits per heavy atom. The zero-order chi connectivity index (χ0) is 12.8. The molecule has 0 spiro atoms. The van der Waals surface area contributed by atoms with Crippen molar-refractivity contribution in [1.82, 2.24) is 0 Å². The van der Waals surface area contributed by atoms with Gasteiger partial charge in [0.05, 0.1) is 18.7 Å². The number of hydrogen-bond acceptors (Lipinski definition) is 3. The van der Waals surface area contributed by atoms with Crippen LogP contribution in [0.2, 0.25) is 0 Å². The third kappa shape index (κ3) is 3.79. The third-order valence-corrected chi connectivity index (χ3v) is 2.29. The Balaban J connectivity index is 2.65. The fourth-order valence-electron chi connectivity index (χ4n) is 1.31. The van der Waals surface area contributed by atoms with E-state index in [2.05, 4.69) is 5.32 Å². The second kappa shape index (κ2) is 5.89. The van der Waals surface area contributed by atoms with Crippen LogP contribution in [0.5, 0.6) is 5.75 Å². The van der Waals surface area contributed by atoms with Gasteiger partial charge >= 0.3 is 5.97 Å². The average Bonchev–Trinajstić information content (AvgIpc) is 2.29. The van der Waals surface area contributed by atoms with Crippen molar-refractivity contribution in [2.45, 2.75) is 13.3 Å². The molecule has 0 heterocycles. The Kier molecular flexibility index (Phi) is 4.51. The Hall–Kier alpha value is -2.04.